The van der Waals surface area contributed by atoms with Gasteiger partial charge in [-0.1, -0.05) is 49.3 Å². The lowest BCUT2D eigenvalue weighted by Gasteiger charge is -2.29. The van der Waals surface area contributed by atoms with Crippen molar-refractivity contribution in [2.75, 3.05) is 0 Å². The van der Waals surface area contributed by atoms with Gasteiger partial charge in [0, 0.05) is 12.2 Å². The van der Waals surface area contributed by atoms with Crippen LogP contribution in [0.15, 0.2) is 47.1 Å². The lowest BCUT2D eigenvalue weighted by atomic mass is 9.82. The Bertz CT molecular complexity index is 925. The molecule has 1 aliphatic rings. The summed E-state index contributed by atoms with van der Waals surface area (Å²) in [5, 5.41) is 8.09. The largest absolute Gasteiger partial charge is 0.349 e. The monoisotopic (exact) mass is 363 g/mol. The van der Waals surface area contributed by atoms with Crippen molar-refractivity contribution in [3.05, 3.63) is 59.4 Å². The van der Waals surface area contributed by atoms with E-state index in [1.165, 1.54) is 5.56 Å². The highest BCUT2D eigenvalue weighted by atomic mass is 16.5. The van der Waals surface area contributed by atoms with Crippen LogP contribution >= 0.6 is 0 Å². The number of hydrogen-bond donors (Lipinski definition) is 1. The number of amides is 1. The lowest BCUT2D eigenvalue weighted by Crippen LogP contribution is -2.37. The number of fused-ring (bicyclic) bond motifs is 1. The van der Waals surface area contributed by atoms with Gasteiger partial charge in [0.05, 0.1) is 16.6 Å². The number of rotatable bonds is 4. The van der Waals surface area contributed by atoms with Crippen LogP contribution in [0.1, 0.15) is 73.0 Å². The number of nitrogens with zero attached hydrogens (tertiary/aromatic N) is 2. The number of hydrogen-bond acceptors (Lipinski definition) is 4. The molecule has 0 saturated heterocycles. The molecule has 1 aromatic carbocycles. The molecular weight excluding hydrogens is 338 g/mol. The van der Waals surface area contributed by atoms with E-state index in [2.05, 4.69) is 59.6 Å². The molecule has 1 N–H and O–H groups in total. The molecule has 0 radical (unpaired) electrons. The van der Waals surface area contributed by atoms with Crippen LogP contribution in [0, 0.1) is 0 Å². The molecule has 0 unspecified atom stereocenters. The van der Waals surface area contributed by atoms with E-state index in [0.29, 0.717) is 17.2 Å². The molecule has 1 saturated carbocycles. The van der Waals surface area contributed by atoms with Crippen molar-refractivity contribution in [1.82, 2.24) is 15.5 Å². The van der Waals surface area contributed by atoms with Gasteiger partial charge in [0.1, 0.15) is 0 Å². The highest BCUT2D eigenvalue weighted by molar-refractivity contribution is 5.97. The van der Waals surface area contributed by atoms with Gasteiger partial charge in [-0.2, -0.15) is 0 Å². The molecule has 1 aliphatic carbocycles. The highest BCUT2D eigenvalue weighted by Gasteiger charge is 2.24. The summed E-state index contributed by atoms with van der Waals surface area (Å²) in [7, 11) is 0. The van der Waals surface area contributed by atoms with Crippen molar-refractivity contribution >= 4 is 17.0 Å². The normalized spacial score (nSPS) is 20.1. The summed E-state index contributed by atoms with van der Waals surface area (Å²) in [5.41, 5.74) is 3.30. The standard InChI is InChI=1S/C22H25N3O2/c1-14(2)20-19-12-17(13-23-22(19)27-25-20)21(26)24-18-10-8-16(9-11-18)15-6-4-3-5-7-15/h3-7,12-14,16,18H,8-11H2,1-2H3,(H,24,26). The summed E-state index contributed by atoms with van der Waals surface area (Å²) in [4.78, 5) is 17.0. The molecular formula is C22H25N3O2. The predicted octanol–water partition coefficient (Wildman–Crippen LogP) is 4.80. The van der Waals surface area contributed by atoms with Crippen LogP contribution in [0.25, 0.3) is 11.1 Å². The van der Waals surface area contributed by atoms with Gasteiger partial charge in [-0.15, -0.1) is 0 Å². The third-order valence-electron chi connectivity index (χ3n) is 5.50. The van der Waals surface area contributed by atoms with Crippen molar-refractivity contribution in [3.63, 3.8) is 0 Å². The Morgan fingerprint density at radius 2 is 1.89 bits per heavy atom. The van der Waals surface area contributed by atoms with Crippen molar-refractivity contribution in [2.45, 2.75) is 57.4 Å². The second-order valence-electron chi connectivity index (χ2n) is 7.73. The molecule has 1 fully saturated rings. The first-order chi connectivity index (χ1) is 13.1. The van der Waals surface area contributed by atoms with Gasteiger partial charge in [-0.3, -0.25) is 4.79 Å². The van der Waals surface area contributed by atoms with E-state index in [1.54, 1.807) is 6.20 Å². The minimum absolute atomic E-state index is 0.0662. The molecule has 0 aliphatic heterocycles. The van der Waals surface area contributed by atoms with Gasteiger partial charge in [0.25, 0.3) is 11.6 Å². The maximum absolute atomic E-state index is 12.7. The van der Waals surface area contributed by atoms with E-state index in [9.17, 15) is 4.79 Å². The van der Waals surface area contributed by atoms with Crippen molar-refractivity contribution < 1.29 is 9.32 Å². The Morgan fingerprint density at radius 1 is 1.15 bits per heavy atom. The van der Waals surface area contributed by atoms with E-state index in [-0.39, 0.29) is 17.9 Å². The second kappa shape index (κ2) is 7.51. The fourth-order valence-corrected chi connectivity index (χ4v) is 3.96. The summed E-state index contributed by atoms with van der Waals surface area (Å²) < 4.78 is 5.26. The van der Waals surface area contributed by atoms with Gasteiger partial charge in [0.2, 0.25) is 0 Å². The molecule has 0 bridgehead atoms. The van der Waals surface area contributed by atoms with E-state index in [0.717, 1.165) is 36.8 Å². The minimum atomic E-state index is -0.0662. The van der Waals surface area contributed by atoms with E-state index in [4.69, 9.17) is 4.52 Å². The average molecular weight is 363 g/mol. The van der Waals surface area contributed by atoms with Crippen LogP contribution in [0.2, 0.25) is 0 Å². The fraction of sp³-hybridized carbons (Fsp3) is 0.409. The van der Waals surface area contributed by atoms with Gasteiger partial charge in [0.15, 0.2) is 0 Å². The van der Waals surface area contributed by atoms with Crippen LogP contribution in [-0.4, -0.2) is 22.1 Å². The zero-order chi connectivity index (χ0) is 18.8. The lowest BCUT2D eigenvalue weighted by molar-refractivity contribution is 0.0925. The van der Waals surface area contributed by atoms with Crippen LogP contribution in [0.5, 0.6) is 0 Å². The Hall–Kier alpha value is -2.69. The van der Waals surface area contributed by atoms with Crippen LogP contribution < -0.4 is 5.32 Å². The number of pyridine rings is 1. The molecule has 140 valence electrons. The number of carbonyl (C=O) groups is 1. The second-order valence-corrected chi connectivity index (χ2v) is 7.73. The first kappa shape index (κ1) is 17.7. The maximum atomic E-state index is 12.7. The molecule has 5 nitrogen and oxygen atoms in total. The number of benzene rings is 1. The molecule has 27 heavy (non-hydrogen) atoms. The quantitative estimate of drug-likeness (QED) is 0.723. The molecule has 3 aromatic rings. The molecule has 0 spiro atoms. The zero-order valence-electron chi connectivity index (χ0n) is 15.8. The van der Waals surface area contributed by atoms with E-state index in [1.807, 2.05) is 6.07 Å². The molecule has 2 aromatic heterocycles. The van der Waals surface area contributed by atoms with Crippen molar-refractivity contribution in [1.29, 1.82) is 0 Å². The van der Waals surface area contributed by atoms with E-state index >= 15 is 0 Å². The minimum Gasteiger partial charge on any atom is -0.349 e. The third kappa shape index (κ3) is 3.72. The summed E-state index contributed by atoms with van der Waals surface area (Å²) >= 11 is 0. The van der Waals surface area contributed by atoms with Crippen LogP contribution in [-0.2, 0) is 0 Å². The highest BCUT2D eigenvalue weighted by Crippen LogP contribution is 2.33. The molecule has 0 atom stereocenters. The van der Waals surface area contributed by atoms with Crippen molar-refractivity contribution in [3.8, 4) is 0 Å². The number of nitrogens with one attached hydrogen (secondary N) is 1. The van der Waals surface area contributed by atoms with Gasteiger partial charge in [-0.05, 0) is 49.1 Å². The zero-order valence-corrected chi connectivity index (χ0v) is 15.8. The first-order valence-electron chi connectivity index (χ1n) is 9.73. The van der Waals surface area contributed by atoms with Crippen LogP contribution in [0.4, 0.5) is 0 Å². The fourth-order valence-electron chi connectivity index (χ4n) is 3.96. The Kier molecular flexibility index (Phi) is 4.92. The smallest absolute Gasteiger partial charge is 0.257 e. The SMILES string of the molecule is CC(C)c1noc2ncc(C(=O)NC3CCC(c4ccccc4)CC3)cc12. The summed E-state index contributed by atoms with van der Waals surface area (Å²) in [6.07, 6.45) is 5.80. The van der Waals surface area contributed by atoms with Gasteiger partial charge >= 0.3 is 0 Å². The first-order valence-corrected chi connectivity index (χ1v) is 9.73. The van der Waals surface area contributed by atoms with Gasteiger partial charge in [-0.25, -0.2) is 4.98 Å². The summed E-state index contributed by atoms with van der Waals surface area (Å²) in [5.74, 6) is 0.756. The van der Waals surface area contributed by atoms with Crippen LogP contribution in [0.3, 0.4) is 0 Å². The number of carbonyl (C=O) groups excluding carboxylic acids is 1. The molecule has 1 amide bonds. The predicted molar refractivity (Wildman–Crippen MR) is 105 cm³/mol. The summed E-state index contributed by atoms with van der Waals surface area (Å²) in [6.45, 7) is 4.10. The Balaban J connectivity index is 1.41. The molecule has 2 heterocycles. The third-order valence-corrected chi connectivity index (χ3v) is 5.50. The molecule has 4 rings (SSSR count). The average Bonchev–Trinajstić information content (AvgIpc) is 3.13. The number of aromatic nitrogens is 2. The van der Waals surface area contributed by atoms with Gasteiger partial charge < -0.3 is 9.84 Å². The van der Waals surface area contributed by atoms with E-state index < -0.39 is 0 Å². The Labute approximate surface area is 159 Å². The summed E-state index contributed by atoms with van der Waals surface area (Å²) in [6, 6.07) is 12.7. The Morgan fingerprint density at radius 3 is 2.59 bits per heavy atom. The topological polar surface area (TPSA) is 68.0 Å². The van der Waals surface area contributed by atoms with Crippen molar-refractivity contribution in [2.24, 2.45) is 0 Å². The maximum Gasteiger partial charge on any atom is 0.257 e. The molecule has 5 heteroatoms.